The van der Waals surface area contributed by atoms with Crippen LogP contribution in [0.5, 0.6) is 0 Å². The van der Waals surface area contributed by atoms with Gasteiger partial charge in [-0.3, -0.25) is 9.78 Å². The first kappa shape index (κ1) is 16.7. The van der Waals surface area contributed by atoms with Crippen LogP contribution < -0.4 is 4.90 Å². The molecule has 0 bridgehead atoms. The van der Waals surface area contributed by atoms with E-state index in [1.807, 2.05) is 29.4 Å². The highest BCUT2D eigenvalue weighted by molar-refractivity contribution is 7.08. The quantitative estimate of drug-likeness (QED) is 0.714. The van der Waals surface area contributed by atoms with E-state index in [0.29, 0.717) is 19.0 Å². The van der Waals surface area contributed by atoms with Crippen molar-refractivity contribution in [2.45, 2.75) is 6.92 Å². The zero-order valence-corrected chi connectivity index (χ0v) is 15.3. The van der Waals surface area contributed by atoms with Crippen molar-refractivity contribution in [3.8, 4) is 22.4 Å². The Morgan fingerprint density at radius 3 is 2.62 bits per heavy atom. The van der Waals surface area contributed by atoms with Gasteiger partial charge in [0.2, 0.25) is 11.9 Å². The number of hydrogen-bond donors (Lipinski definition) is 0. The first-order valence-electron chi connectivity index (χ1n) is 8.53. The van der Waals surface area contributed by atoms with E-state index in [2.05, 4.69) is 31.7 Å². The summed E-state index contributed by atoms with van der Waals surface area (Å²) in [5.74, 6) is 0.820. The Bertz CT molecular complexity index is 890. The standard InChI is InChI=1S/C19H19N5OS/c1-14(25)23-6-8-24(9-7-23)19-21-12-17(16-4-10-26-13-16)18(22-19)15-3-2-5-20-11-15/h2-5,10-13H,6-9H2,1H3. The fourth-order valence-corrected chi connectivity index (χ4v) is 3.75. The van der Waals surface area contributed by atoms with Crippen molar-refractivity contribution in [3.05, 3.63) is 47.5 Å². The molecule has 4 rings (SSSR count). The maximum absolute atomic E-state index is 11.5. The van der Waals surface area contributed by atoms with E-state index in [-0.39, 0.29) is 5.91 Å². The van der Waals surface area contributed by atoms with Crippen molar-refractivity contribution in [3.63, 3.8) is 0 Å². The minimum absolute atomic E-state index is 0.120. The summed E-state index contributed by atoms with van der Waals surface area (Å²) in [6, 6.07) is 6.01. The highest BCUT2D eigenvalue weighted by atomic mass is 32.1. The van der Waals surface area contributed by atoms with Crippen molar-refractivity contribution in [2.24, 2.45) is 0 Å². The minimum Gasteiger partial charge on any atom is -0.339 e. The highest BCUT2D eigenvalue weighted by Gasteiger charge is 2.22. The first-order chi connectivity index (χ1) is 12.7. The molecule has 1 aliphatic rings. The van der Waals surface area contributed by atoms with Gasteiger partial charge in [0.1, 0.15) is 0 Å². The Labute approximate surface area is 156 Å². The molecular weight excluding hydrogens is 346 g/mol. The van der Waals surface area contributed by atoms with Gasteiger partial charge < -0.3 is 9.80 Å². The number of anilines is 1. The Morgan fingerprint density at radius 1 is 1.12 bits per heavy atom. The molecule has 3 aromatic rings. The van der Waals surface area contributed by atoms with Crippen LogP contribution in [0.4, 0.5) is 5.95 Å². The third-order valence-corrected chi connectivity index (χ3v) is 5.23. The first-order valence-corrected chi connectivity index (χ1v) is 9.47. The Balaban J connectivity index is 1.69. The number of thiophene rings is 1. The second kappa shape index (κ2) is 7.21. The summed E-state index contributed by atoms with van der Waals surface area (Å²) in [5.41, 5.74) is 3.97. The van der Waals surface area contributed by atoms with E-state index < -0.39 is 0 Å². The number of rotatable bonds is 3. The summed E-state index contributed by atoms with van der Waals surface area (Å²) in [7, 11) is 0. The number of carbonyl (C=O) groups excluding carboxylic acids is 1. The van der Waals surface area contributed by atoms with Gasteiger partial charge in [-0.2, -0.15) is 11.3 Å². The maximum Gasteiger partial charge on any atom is 0.226 e. The van der Waals surface area contributed by atoms with E-state index in [9.17, 15) is 4.79 Å². The van der Waals surface area contributed by atoms with Crippen LogP contribution in [0.2, 0.25) is 0 Å². The van der Waals surface area contributed by atoms with Gasteiger partial charge in [-0.25, -0.2) is 9.97 Å². The molecule has 0 spiro atoms. The average molecular weight is 365 g/mol. The topological polar surface area (TPSA) is 62.2 Å². The third-order valence-electron chi connectivity index (χ3n) is 4.55. The van der Waals surface area contributed by atoms with E-state index in [1.165, 1.54) is 0 Å². The van der Waals surface area contributed by atoms with Gasteiger partial charge in [-0.05, 0) is 34.5 Å². The van der Waals surface area contributed by atoms with Crippen LogP contribution in [0.1, 0.15) is 6.92 Å². The lowest BCUT2D eigenvalue weighted by Crippen LogP contribution is -2.48. The van der Waals surface area contributed by atoms with Gasteiger partial charge >= 0.3 is 0 Å². The SMILES string of the molecule is CC(=O)N1CCN(c2ncc(-c3ccsc3)c(-c3cccnc3)n2)CC1. The van der Waals surface area contributed by atoms with Crippen molar-refractivity contribution in [1.82, 2.24) is 19.9 Å². The summed E-state index contributed by atoms with van der Waals surface area (Å²) >= 11 is 1.65. The largest absolute Gasteiger partial charge is 0.339 e. The zero-order chi connectivity index (χ0) is 17.9. The van der Waals surface area contributed by atoms with Crippen LogP contribution in [0.15, 0.2) is 47.5 Å². The fourth-order valence-electron chi connectivity index (χ4n) is 3.10. The lowest BCUT2D eigenvalue weighted by molar-refractivity contribution is -0.129. The minimum atomic E-state index is 0.120. The van der Waals surface area contributed by atoms with Gasteiger partial charge in [0, 0.05) is 62.8 Å². The second-order valence-corrected chi connectivity index (χ2v) is 6.96. The van der Waals surface area contributed by atoms with Crippen molar-refractivity contribution in [1.29, 1.82) is 0 Å². The number of amides is 1. The lowest BCUT2D eigenvalue weighted by Gasteiger charge is -2.34. The van der Waals surface area contributed by atoms with Crippen LogP contribution in [0.25, 0.3) is 22.4 Å². The number of aromatic nitrogens is 3. The van der Waals surface area contributed by atoms with Gasteiger partial charge in [0.05, 0.1) is 5.69 Å². The van der Waals surface area contributed by atoms with Crippen molar-refractivity contribution >= 4 is 23.2 Å². The predicted octanol–water partition coefficient (Wildman–Crippen LogP) is 2.94. The van der Waals surface area contributed by atoms with Gasteiger partial charge in [0.25, 0.3) is 0 Å². The van der Waals surface area contributed by atoms with Crippen LogP contribution in [-0.2, 0) is 4.79 Å². The molecule has 6 nitrogen and oxygen atoms in total. The molecule has 1 aliphatic heterocycles. The van der Waals surface area contributed by atoms with Crippen molar-refractivity contribution < 1.29 is 4.79 Å². The lowest BCUT2D eigenvalue weighted by atomic mass is 10.0. The molecule has 132 valence electrons. The van der Waals surface area contributed by atoms with E-state index >= 15 is 0 Å². The molecule has 7 heteroatoms. The number of carbonyl (C=O) groups is 1. The Kier molecular flexibility index (Phi) is 4.62. The molecule has 0 saturated carbocycles. The van der Waals surface area contributed by atoms with E-state index in [1.54, 1.807) is 24.5 Å². The maximum atomic E-state index is 11.5. The number of nitrogens with zero attached hydrogens (tertiary/aromatic N) is 5. The van der Waals surface area contributed by atoms with Gasteiger partial charge in [0.15, 0.2) is 0 Å². The second-order valence-electron chi connectivity index (χ2n) is 6.18. The van der Waals surface area contributed by atoms with Crippen LogP contribution in [0.3, 0.4) is 0 Å². The Hall–Kier alpha value is -2.80. The molecule has 0 aromatic carbocycles. The van der Waals surface area contributed by atoms with E-state index in [0.717, 1.165) is 35.5 Å². The molecule has 0 unspecified atom stereocenters. The van der Waals surface area contributed by atoms with E-state index in [4.69, 9.17) is 4.98 Å². The monoisotopic (exact) mass is 365 g/mol. The summed E-state index contributed by atoms with van der Waals surface area (Å²) < 4.78 is 0. The molecule has 0 aliphatic carbocycles. The molecule has 0 atom stereocenters. The molecule has 26 heavy (non-hydrogen) atoms. The molecule has 1 amide bonds. The van der Waals surface area contributed by atoms with Gasteiger partial charge in [-0.1, -0.05) is 0 Å². The Morgan fingerprint density at radius 2 is 1.96 bits per heavy atom. The molecule has 0 radical (unpaired) electrons. The highest BCUT2D eigenvalue weighted by Crippen LogP contribution is 2.32. The smallest absolute Gasteiger partial charge is 0.226 e. The normalized spacial score (nSPS) is 14.5. The van der Waals surface area contributed by atoms with Crippen LogP contribution >= 0.6 is 11.3 Å². The molecule has 1 saturated heterocycles. The third kappa shape index (κ3) is 3.30. The fraction of sp³-hybridized carbons (Fsp3) is 0.263. The summed E-state index contributed by atoms with van der Waals surface area (Å²) in [6.07, 6.45) is 5.48. The van der Waals surface area contributed by atoms with Gasteiger partial charge in [-0.15, -0.1) is 0 Å². The molecular formula is C19H19N5OS. The number of piperazine rings is 1. The number of pyridine rings is 1. The summed E-state index contributed by atoms with van der Waals surface area (Å²) in [4.78, 5) is 29.2. The molecule has 3 aromatic heterocycles. The molecule has 1 fully saturated rings. The average Bonchev–Trinajstić information content (AvgIpc) is 3.23. The number of hydrogen-bond acceptors (Lipinski definition) is 6. The zero-order valence-electron chi connectivity index (χ0n) is 14.5. The van der Waals surface area contributed by atoms with Crippen LogP contribution in [0, 0.1) is 0 Å². The van der Waals surface area contributed by atoms with Crippen molar-refractivity contribution in [2.75, 3.05) is 31.1 Å². The summed E-state index contributed by atoms with van der Waals surface area (Å²) in [5, 5.41) is 4.15. The van der Waals surface area contributed by atoms with Crippen LogP contribution in [-0.4, -0.2) is 51.9 Å². The predicted molar refractivity (Wildman–Crippen MR) is 103 cm³/mol. The molecule has 4 heterocycles. The summed E-state index contributed by atoms with van der Waals surface area (Å²) in [6.45, 7) is 4.50. The molecule has 0 N–H and O–H groups in total.